The Labute approximate surface area is 127 Å². The fourth-order valence-corrected chi connectivity index (χ4v) is 3.19. The number of halogens is 3. The molecule has 1 heterocycles. The molecule has 1 aromatic rings. The van der Waals surface area contributed by atoms with Crippen LogP contribution in [0.2, 0.25) is 0 Å². The van der Waals surface area contributed by atoms with Gasteiger partial charge in [-0.25, -0.2) is 8.78 Å². The van der Waals surface area contributed by atoms with Gasteiger partial charge in [-0.05, 0) is 67.8 Å². The molecule has 1 unspecified atom stereocenters. The summed E-state index contributed by atoms with van der Waals surface area (Å²) in [6, 6.07) is 1.92. The summed E-state index contributed by atoms with van der Waals surface area (Å²) in [7, 11) is 0. The Morgan fingerprint density at radius 1 is 1.20 bits per heavy atom. The van der Waals surface area contributed by atoms with E-state index >= 15 is 0 Å². The summed E-state index contributed by atoms with van der Waals surface area (Å²) in [6.45, 7) is 5.78. The Bertz CT molecular complexity index is 485. The molecular weight excluding hydrogens is 326 g/mol. The Morgan fingerprint density at radius 3 is 2.40 bits per heavy atom. The van der Waals surface area contributed by atoms with Crippen LogP contribution in [0.4, 0.5) is 8.78 Å². The van der Waals surface area contributed by atoms with Crippen LogP contribution < -0.4 is 5.73 Å². The molecule has 2 N–H and O–H groups in total. The van der Waals surface area contributed by atoms with Gasteiger partial charge in [0.15, 0.2) is 0 Å². The summed E-state index contributed by atoms with van der Waals surface area (Å²) in [4.78, 5) is 2.24. The molecule has 1 fully saturated rings. The van der Waals surface area contributed by atoms with Crippen LogP contribution >= 0.6 is 15.9 Å². The van der Waals surface area contributed by atoms with E-state index in [9.17, 15) is 8.78 Å². The summed E-state index contributed by atoms with van der Waals surface area (Å²) in [5.74, 6) is -1.18. The van der Waals surface area contributed by atoms with Crippen molar-refractivity contribution >= 4 is 15.9 Å². The van der Waals surface area contributed by atoms with E-state index in [-0.39, 0.29) is 10.0 Å². The van der Waals surface area contributed by atoms with E-state index in [0.29, 0.717) is 0 Å². The van der Waals surface area contributed by atoms with Crippen LogP contribution in [0.3, 0.4) is 0 Å². The van der Waals surface area contributed by atoms with Crippen molar-refractivity contribution in [1.29, 1.82) is 0 Å². The Balaban J connectivity index is 2.34. The van der Waals surface area contributed by atoms with Crippen LogP contribution in [0, 0.1) is 11.6 Å². The van der Waals surface area contributed by atoms with Gasteiger partial charge in [0.25, 0.3) is 0 Å². The van der Waals surface area contributed by atoms with Crippen LogP contribution in [0.15, 0.2) is 16.6 Å². The first-order valence-corrected chi connectivity index (χ1v) is 7.79. The van der Waals surface area contributed by atoms with Crippen molar-refractivity contribution in [1.82, 2.24) is 4.90 Å². The minimum atomic E-state index is -0.710. The van der Waals surface area contributed by atoms with Gasteiger partial charge in [-0.15, -0.1) is 0 Å². The largest absolute Gasteiger partial charge is 0.322 e. The van der Waals surface area contributed by atoms with E-state index in [4.69, 9.17) is 5.73 Å². The minimum Gasteiger partial charge on any atom is -0.322 e. The first-order valence-electron chi connectivity index (χ1n) is 6.99. The van der Waals surface area contributed by atoms with Crippen molar-refractivity contribution in [3.63, 3.8) is 0 Å². The molecule has 0 amide bonds. The molecule has 1 atom stereocenters. The zero-order valence-electron chi connectivity index (χ0n) is 11.9. The second-order valence-electron chi connectivity index (χ2n) is 5.94. The molecule has 0 spiro atoms. The molecule has 1 aliphatic heterocycles. The summed E-state index contributed by atoms with van der Waals surface area (Å²) >= 11 is 3.10. The van der Waals surface area contributed by atoms with Gasteiger partial charge in [-0.2, -0.15) is 0 Å². The van der Waals surface area contributed by atoms with Crippen molar-refractivity contribution in [2.75, 3.05) is 13.1 Å². The predicted molar refractivity (Wildman–Crippen MR) is 80.5 cm³/mol. The van der Waals surface area contributed by atoms with E-state index in [1.807, 2.05) is 13.8 Å². The third-order valence-corrected chi connectivity index (χ3v) is 4.94. The van der Waals surface area contributed by atoms with Crippen molar-refractivity contribution in [2.24, 2.45) is 5.73 Å². The number of nitrogens with two attached hydrogens (primary N) is 1. The highest BCUT2D eigenvalue weighted by Crippen LogP contribution is 2.35. The molecule has 2 nitrogen and oxygen atoms in total. The lowest BCUT2D eigenvalue weighted by molar-refractivity contribution is 0.0708. The molecule has 2 rings (SSSR count). The van der Waals surface area contributed by atoms with Crippen molar-refractivity contribution in [3.05, 3.63) is 33.8 Å². The normalized spacial score (nSPS) is 19.1. The van der Waals surface area contributed by atoms with E-state index < -0.39 is 23.2 Å². The third-order valence-electron chi connectivity index (χ3n) is 4.32. The van der Waals surface area contributed by atoms with Gasteiger partial charge in [-0.3, -0.25) is 4.90 Å². The maximum absolute atomic E-state index is 14.2. The molecular formula is C15H21BrF2N2. The average Bonchev–Trinajstić information content (AvgIpc) is 2.44. The SMILES string of the molecule is CC(C)(C(N)c1c(F)ccc(Br)c1F)N1CCCCC1. The minimum absolute atomic E-state index is 0.0325. The lowest BCUT2D eigenvalue weighted by Crippen LogP contribution is -2.53. The molecule has 0 aliphatic carbocycles. The van der Waals surface area contributed by atoms with Gasteiger partial charge in [0, 0.05) is 11.1 Å². The first-order chi connectivity index (χ1) is 9.35. The molecule has 0 saturated carbocycles. The quantitative estimate of drug-likeness (QED) is 0.838. The molecule has 1 aromatic carbocycles. The van der Waals surface area contributed by atoms with Crippen LogP contribution in [0.5, 0.6) is 0 Å². The van der Waals surface area contributed by atoms with Gasteiger partial charge in [-0.1, -0.05) is 6.42 Å². The number of nitrogens with zero attached hydrogens (tertiary/aromatic N) is 1. The van der Waals surface area contributed by atoms with E-state index in [1.54, 1.807) is 0 Å². The molecule has 112 valence electrons. The molecule has 0 radical (unpaired) electrons. The van der Waals surface area contributed by atoms with E-state index in [1.165, 1.54) is 18.6 Å². The summed E-state index contributed by atoms with van der Waals surface area (Å²) < 4.78 is 28.5. The maximum Gasteiger partial charge on any atom is 0.145 e. The number of piperidine rings is 1. The zero-order valence-corrected chi connectivity index (χ0v) is 13.5. The molecule has 1 saturated heterocycles. The number of hydrogen-bond acceptors (Lipinski definition) is 2. The van der Waals surface area contributed by atoms with E-state index in [0.717, 1.165) is 25.9 Å². The zero-order chi connectivity index (χ0) is 14.9. The summed E-state index contributed by atoms with van der Waals surface area (Å²) in [6.07, 6.45) is 3.43. The van der Waals surface area contributed by atoms with Crippen molar-refractivity contribution in [3.8, 4) is 0 Å². The standard InChI is InChI=1S/C15H21BrF2N2/c1-15(2,20-8-4-3-5-9-20)14(19)12-11(17)7-6-10(16)13(12)18/h6-7,14H,3-5,8-9,19H2,1-2H3. The highest BCUT2D eigenvalue weighted by atomic mass is 79.9. The number of hydrogen-bond donors (Lipinski definition) is 1. The molecule has 0 aromatic heterocycles. The van der Waals surface area contributed by atoms with Gasteiger partial charge in [0.1, 0.15) is 11.6 Å². The lowest BCUT2D eigenvalue weighted by Gasteiger charge is -2.44. The number of benzene rings is 1. The Morgan fingerprint density at radius 2 is 1.80 bits per heavy atom. The topological polar surface area (TPSA) is 29.3 Å². The third kappa shape index (κ3) is 2.90. The number of rotatable bonds is 3. The van der Waals surface area contributed by atoms with E-state index in [2.05, 4.69) is 20.8 Å². The van der Waals surface area contributed by atoms with Crippen LogP contribution in [0.1, 0.15) is 44.7 Å². The van der Waals surface area contributed by atoms with Gasteiger partial charge < -0.3 is 5.73 Å². The second-order valence-corrected chi connectivity index (χ2v) is 6.79. The van der Waals surface area contributed by atoms with Crippen LogP contribution in [0.25, 0.3) is 0 Å². The van der Waals surface area contributed by atoms with Gasteiger partial charge >= 0.3 is 0 Å². The highest BCUT2D eigenvalue weighted by Gasteiger charge is 2.37. The highest BCUT2D eigenvalue weighted by molar-refractivity contribution is 9.10. The Kier molecular flexibility index (Phi) is 4.82. The molecule has 20 heavy (non-hydrogen) atoms. The molecule has 0 bridgehead atoms. The fourth-order valence-electron chi connectivity index (χ4n) is 2.85. The molecule has 1 aliphatic rings. The first kappa shape index (κ1) is 15.9. The monoisotopic (exact) mass is 346 g/mol. The molecule has 5 heteroatoms. The van der Waals surface area contributed by atoms with Crippen molar-refractivity contribution in [2.45, 2.75) is 44.7 Å². The summed E-state index contributed by atoms with van der Waals surface area (Å²) in [5, 5.41) is 0. The maximum atomic E-state index is 14.2. The fraction of sp³-hybridized carbons (Fsp3) is 0.600. The second kappa shape index (κ2) is 6.08. The summed E-state index contributed by atoms with van der Waals surface area (Å²) in [5.41, 5.74) is 5.72. The lowest BCUT2D eigenvalue weighted by atomic mass is 9.85. The van der Waals surface area contributed by atoms with Crippen LogP contribution in [-0.2, 0) is 0 Å². The van der Waals surface area contributed by atoms with Gasteiger partial charge in [0.2, 0.25) is 0 Å². The number of likely N-dealkylation sites (tertiary alicyclic amines) is 1. The average molecular weight is 347 g/mol. The Hall–Kier alpha value is -0.520. The van der Waals surface area contributed by atoms with Gasteiger partial charge in [0.05, 0.1) is 10.5 Å². The smallest absolute Gasteiger partial charge is 0.145 e. The van der Waals surface area contributed by atoms with Crippen molar-refractivity contribution < 1.29 is 8.78 Å². The van der Waals surface area contributed by atoms with Crippen LogP contribution in [-0.4, -0.2) is 23.5 Å². The predicted octanol–water partition coefficient (Wildman–Crippen LogP) is 3.99.